The van der Waals surface area contributed by atoms with Gasteiger partial charge in [-0.2, -0.15) is 0 Å². The van der Waals surface area contributed by atoms with Gasteiger partial charge in [0.1, 0.15) is 0 Å². The molecule has 0 saturated carbocycles. The molecule has 0 N–H and O–H groups in total. The molecule has 1 aromatic rings. The summed E-state index contributed by atoms with van der Waals surface area (Å²) in [6.45, 7) is 7.23. The van der Waals surface area contributed by atoms with Crippen LogP contribution in [-0.2, 0) is 4.74 Å². The van der Waals surface area contributed by atoms with Crippen LogP contribution in [0.15, 0.2) is 25.4 Å². The van der Waals surface area contributed by atoms with E-state index in [9.17, 15) is 4.79 Å². The van der Waals surface area contributed by atoms with Gasteiger partial charge < -0.3 is 4.74 Å². The fourth-order valence-corrected chi connectivity index (χ4v) is 1.06. The molecule has 14 heavy (non-hydrogen) atoms. The first-order valence-electron chi connectivity index (χ1n) is 4.06. The van der Waals surface area contributed by atoms with Crippen LogP contribution in [0.2, 0.25) is 0 Å². The van der Waals surface area contributed by atoms with Crippen LogP contribution in [-0.4, -0.2) is 18.1 Å². The summed E-state index contributed by atoms with van der Waals surface area (Å²) in [7, 11) is 1.33. The lowest BCUT2D eigenvalue weighted by Crippen LogP contribution is -2.03. The maximum Gasteiger partial charge on any atom is 0.339 e. The molecule has 1 heterocycles. The predicted molar refractivity (Wildman–Crippen MR) is 55.8 cm³/mol. The fourth-order valence-electron chi connectivity index (χ4n) is 1.06. The molecular weight excluding hydrogens is 178 g/mol. The van der Waals surface area contributed by atoms with Gasteiger partial charge in [-0.3, -0.25) is 4.98 Å². The van der Waals surface area contributed by atoms with Crippen LogP contribution >= 0.6 is 0 Å². The zero-order chi connectivity index (χ0) is 10.6. The predicted octanol–water partition coefficient (Wildman–Crippen LogP) is 2.15. The number of hydrogen-bond acceptors (Lipinski definition) is 3. The highest BCUT2D eigenvalue weighted by molar-refractivity contribution is 5.90. The minimum Gasteiger partial charge on any atom is -0.465 e. The van der Waals surface area contributed by atoms with Crippen molar-refractivity contribution in [3.05, 3.63) is 42.2 Å². The van der Waals surface area contributed by atoms with Crippen LogP contribution in [0.3, 0.4) is 0 Å². The van der Waals surface area contributed by atoms with E-state index < -0.39 is 5.97 Å². The van der Waals surface area contributed by atoms with E-state index >= 15 is 0 Å². The van der Waals surface area contributed by atoms with Crippen LogP contribution in [0.5, 0.6) is 0 Å². The molecule has 0 aliphatic heterocycles. The van der Waals surface area contributed by atoms with Crippen LogP contribution in [0, 0.1) is 0 Å². The Bertz CT molecular complexity index is 383. The molecule has 0 aromatic carbocycles. The van der Waals surface area contributed by atoms with Crippen LogP contribution < -0.4 is 0 Å². The van der Waals surface area contributed by atoms with E-state index in [1.807, 2.05) is 0 Å². The van der Waals surface area contributed by atoms with Crippen LogP contribution in [0.25, 0.3) is 12.2 Å². The van der Waals surface area contributed by atoms with Gasteiger partial charge in [-0.1, -0.05) is 19.2 Å². The zero-order valence-electron chi connectivity index (χ0n) is 7.99. The summed E-state index contributed by atoms with van der Waals surface area (Å²) in [6, 6.07) is 1.67. The third kappa shape index (κ3) is 1.88. The Balaban J connectivity index is 3.20. The average Bonchev–Trinajstić information content (AvgIpc) is 2.26. The van der Waals surface area contributed by atoms with Crippen LogP contribution in [0.1, 0.15) is 21.6 Å². The monoisotopic (exact) mass is 189 g/mol. The number of hydrogen-bond donors (Lipinski definition) is 0. The summed E-state index contributed by atoms with van der Waals surface area (Å²) in [5.74, 6) is -0.406. The number of nitrogens with zero attached hydrogens (tertiary/aromatic N) is 1. The molecule has 0 bridgehead atoms. The molecule has 0 radical (unpaired) electrons. The Hall–Kier alpha value is -1.90. The molecule has 72 valence electrons. The SMILES string of the molecule is C=Cc1cc(C(=O)OC)cnc1C=C. The molecule has 0 aliphatic rings. The van der Waals surface area contributed by atoms with Crippen molar-refractivity contribution >= 4 is 18.1 Å². The molecule has 0 atom stereocenters. The molecule has 0 amide bonds. The maximum absolute atomic E-state index is 11.2. The second-order valence-electron chi connectivity index (χ2n) is 2.60. The largest absolute Gasteiger partial charge is 0.465 e. The van der Waals surface area contributed by atoms with Crippen molar-refractivity contribution in [3.63, 3.8) is 0 Å². The van der Waals surface area contributed by atoms with Gasteiger partial charge in [-0.05, 0) is 12.1 Å². The molecule has 1 rings (SSSR count). The third-order valence-corrected chi connectivity index (χ3v) is 1.78. The van der Waals surface area contributed by atoms with Crippen molar-refractivity contribution in [1.82, 2.24) is 4.98 Å². The topological polar surface area (TPSA) is 39.2 Å². The molecule has 0 aliphatic carbocycles. The van der Waals surface area contributed by atoms with Gasteiger partial charge in [-0.25, -0.2) is 4.79 Å². The Kier molecular flexibility index (Phi) is 3.18. The first-order valence-corrected chi connectivity index (χ1v) is 4.06. The van der Waals surface area contributed by atoms with Crippen molar-refractivity contribution < 1.29 is 9.53 Å². The summed E-state index contributed by atoms with van der Waals surface area (Å²) in [4.78, 5) is 15.2. The molecule has 3 heteroatoms. The second-order valence-corrected chi connectivity index (χ2v) is 2.60. The van der Waals surface area contributed by atoms with E-state index in [1.54, 1.807) is 18.2 Å². The van der Waals surface area contributed by atoms with E-state index in [-0.39, 0.29) is 0 Å². The smallest absolute Gasteiger partial charge is 0.339 e. The molecular formula is C11H11NO2. The first-order chi connectivity index (χ1) is 6.72. The molecule has 0 spiro atoms. The first kappa shape index (κ1) is 10.2. The Morgan fingerprint density at radius 1 is 1.50 bits per heavy atom. The highest BCUT2D eigenvalue weighted by atomic mass is 16.5. The van der Waals surface area contributed by atoms with Crippen molar-refractivity contribution in [2.24, 2.45) is 0 Å². The standard InChI is InChI=1S/C11H11NO2/c1-4-8-6-9(11(13)14-3)7-12-10(8)5-2/h4-7H,1-2H2,3H3. The van der Waals surface area contributed by atoms with Gasteiger partial charge in [0.2, 0.25) is 0 Å². The highest BCUT2D eigenvalue weighted by Gasteiger charge is 2.07. The lowest BCUT2D eigenvalue weighted by Gasteiger charge is -2.02. The number of esters is 1. The molecule has 0 fully saturated rings. The fraction of sp³-hybridized carbons (Fsp3) is 0.0909. The van der Waals surface area contributed by atoms with Crippen molar-refractivity contribution in [2.75, 3.05) is 7.11 Å². The van der Waals surface area contributed by atoms with E-state index in [1.165, 1.54) is 13.3 Å². The number of rotatable bonds is 3. The summed E-state index contributed by atoms with van der Waals surface area (Å²) < 4.78 is 4.57. The van der Waals surface area contributed by atoms with Gasteiger partial charge in [-0.15, -0.1) is 0 Å². The maximum atomic E-state index is 11.2. The summed E-state index contributed by atoms with van der Waals surface area (Å²) in [5.41, 5.74) is 1.88. The van der Waals surface area contributed by atoms with E-state index in [0.717, 1.165) is 5.56 Å². The lowest BCUT2D eigenvalue weighted by molar-refractivity contribution is 0.0600. The number of methoxy groups -OCH3 is 1. The van der Waals surface area contributed by atoms with E-state index in [0.29, 0.717) is 11.3 Å². The Morgan fingerprint density at radius 2 is 2.21 bits per heavy atom. The number of aromatic nitrogens is 1. The van der Waals surface area contributed by atoms with E-state index in [2.05, 4.69) is 22.9 Å². The second kappa shape index (κ2) is 4.37. The van der Waals surface area contributed by atoms with E-state index in [4.69, 9.17) is 0 Å². The minimum absolute atomic E-state index is 0.406. The molecule has 0 unspecified atom stereocenters. The summed E-state index contributed by atoms with van der Waals surface area (Å²) in [5, 5.41) is 0. The van der Waals surface area contributed by atoms with Gasteiger partial charge in [0.15, 0.2) is 0 Å². The van der Waals surface area contributed by atoms with Gasteiger partial charge in [0, 0.05) is 11.8 Å². The average molecular weight is 189 g/mol. The lowest BCUT2D eigenvalue weighted by atomic mass is 10.1. The summed E-state index contributed by atoms with van der Waals surface area (Å²) >= 11 is 0. The Labute approximate surface area is 82.7 Å². The van der Waals surface area contributed by atoms with Gasteiger partial charge in [0.05, 0.1) is 18.4 Å². The third-order valence-electron chi connectivity index (χ3n) is 1.78. The molecule has 0 saturated heterocycles. The number of ether oxygens (including phenoxy) is 1. The number of carbonyl (C=O) groups is 1. The zero-order valence-corrected chi connectivity index (χ0v) is 7.99. The number of carbonyl (C=O) groups excluding carboxylic acids is 1. The molecule has 1 aromatic heterocycles. The van der Waals surface area contributed by atoms with Gasteiger partial charge >= 0.3 is 5.97 Å². The molecule has 3 nitrogen and oxygen atoms in total. The quantitative estimate of drug-likeness (QED) is 0.684. The Morgan fingerprint density at radius 3 is 2.71 bits per heavy atom. The van der Waals surface area contributed by atoms with Crippen molar-refractivity contribution in [1.29, 1.82) is 0 Å². The normalized spacial score (nSPS) is 9.21. The highest BCUT2D eigenvalue weighted by Crippen LogP contribution is 2.12. The van der Waals surface area contributed by atoms with Crippen molar-refractivity contribution in [3.8, 4) is 0 Å². The number of pyridine rings is 1. The summed E-state index contributed by atoms with van der Waals surface area (Å²) in [6.07, 6.45) is 4.68. The van der Waals surface area contributed by atoms with Gasteiger partial charge in [0.25, 0.3) is 0 Å². The van der Waals surface area contributed by atoms with Crippen LogP contribution in [0.4, 0.5) is 0 Å². The minimum atomic E-state index is -0.406. The van der Waals surface area contributed by atoms with Crippen molar-refractivity contribution in [2.45, 2.75) is 0 Å².